The molecule has 2 saturated heterocycles. The molecule has 5 heteroatoms. The van der Waals surface area contributed by atoms with Crippen molar-refractivity contribution in [2.45, 2.75) is 44.9 Å². The fourth-order valence-electron chi connectivity index (χ4n) is 2.52. The zero-order chi connectivity index (χ0) is 10.8. The molecule has 0 aromatic rings. The number of morpholine rings is 1. The Morgan fingerprint density at radius 2 is 1.94 bits per heavy atom. The van der Waals surface area contributed by atoms with Gasteiger partial charge in [-0.3, -0.25) is 4.79 Å². The number of hydrogen-bond acceptors (Lipinski definition) is 3. The van der Waals surface area contributed by atoms with Crippen LogP contribution in [0.3, 0.4) is 0 Å². The minimum atomic E-state index is -0.262. The zero-order valence-corrected chi connectivity index (χ0v) is 10.8. The third kappa shape index (κ3) is 2.67. The monoisotopic (exact) mass is 248 g/mol. The zero-order valence-electron chi connectivity index (χ0n) is 9.94. The SMILES string of the molecule is CC1CCC(C)N1C(=O)[C@@H]1CNCCO1.Cl. The number of carbonyl (C=O) groups is 1. The van der Waals surface area contributed by atoms with Gasteiger partial charge in [-0.05, 0) is 26.7 Å². The van der Waals surface area contributed by atoms with Crippen molar-refractivity contribution in [3.8, 4) is 0 Å². The van der Waals surface area contributed by atoms with E-state index in [1.54, 1.807) is 0 Å². The maximum atomic E-state index is 12.2. The number of carbonyl (C=O) groups excluding carboxylic acids is 1. The number of nitrogens with one attached hydrogen (secondary N) is 1. The lowest BCUT2D eigenvalue weighted by Gasteiger charge is -2.32. The van der Waals surface area contributed by atoms with E-state index in [1.165, 1.54) is 0 Å². The average molecular weight is 249 g/mol. The molecule has 1 amide bonds. The van der Waals surface area contributed by atoms with Crippen LogP contribution < -0.4 is 5.32 Å². The maximum Gasteiger partial charge on any atom is 0.253 e. The minimum absolute atomic E-state index is 0. The van der Waals surface area contributed by atoms with Crippen molar-refractivity contribution in [3.63, 3.8) is 0 Å². The van der Waals surface area contributed by atoms with Crippen LogP contribution in [0, 0.1) is 0 Å². The molecule has 4 nitrogen and oxygen atoms in total. The highest BCUT2D eigenvalue weighted by Crippen LogP contribution is 2.24. The molecule has 2 rings (SSSR count). The second kappa shape index (κ2) is 5.84. The Bertz CT molecular complexity index is 234. The Labute approximate surface area is 103 Å². The molecule has 0 spiro atoms. The first-order valence-corrected chi connectivity index (χ1v) is 5.84. The van der Waals surface area contributed by atoms with Crippen molar-refractivity contribution in [2.24, 2.45) is 0 Å². The van der Waals surface area contributed by atoms with Crippen LogP contribution in [0.2, 0.25) is 0 Å². The topological polar surface area (TPSA) is 41.6 Å². The highest BCUT2D eigenvalue weighted by atomic mass is 35.5. The molecule has 0 aliphatic carbocycles. The van der Waals surface area contributed by atoms with Gasteiger partial charge < -0.3 is 15.0 Å². The van der Waals surface area contributed by atoms with Crippen LogP contribution in [0.15, 0.2) is 0 Å². The van der Waals surface area contributed by atoms with Crippen molar-refractivity contribution in [1.29, 1.82) is 0 Å². The van der Waals surface area contributed by atoms with Crippen LogP contribution in [-0.2, 0) is 9.53 Å². The third-order valence-electron chi connectivity index (χ3n) is 3.41. The molecule has 0 radical (unpaired) electrons. The van der Waals surface area contributed by atoms with Crippen molar-refractivity contribution in [2.75, 3.05) is 19.7 Å². The largest absolute Gasteiger partial charge is 0.366 e. The van der Waals surface area contributed by atoms with Crippen molar-refractivity contribution in [1.82, 2.24) is 10.2 Å². The van der Waals surface area contributed by atoms with Gasteiger partial charge in [-0.25, -0.2) is 0 Å². The van der Waals surface area contributed by atoms with Crippen LogP contribution >= 0.6 is 12.4 Å². The number of nitrogens with zero attached hydrogens (tertiary/aromatic N) is 1. The van der Waals surface area contributed by atoms with E-state index in [0.717, 1.165) is 19.4 Å². The fraction of sp³-hybridized carbons (Fsp3) is 0.909. The summed E-state index contributed by atoms with van der Waals surface area (Å²) in [4.78, 5) is 14.2. The van der Waals surface area contributed by atoms with E-state index in [-0.39, 0.29) is 24.4 Å². The van der Waals surface area contributed by atoms with Gasteiger partial charge in [0.1, 0.15) is 6.10 Å². The van der Waals surface area contributed by atoms with E-state index in [0.29, 0.717) is 25.2 Å². The highest BCUT2D eigenvalue weighted by Gasteiger charge is 2.36. The summed E-state index contributed by atoms with van der Waals surface area (Å²) in [5.74, 6) is 0.166. The lowest BCUT2D eigenvalue weighted by Crippen LogP contribution is -2.51. The average Bonchev–Trinajstić information content (AvgIpc) is 2.59. The number of rotatable bonds is 1. The van der Waals surface area contributed by atoms with E-state index in [1.807, 2.05) is 4.90 Å². The standard InChI is InChI=1S/C11H20N2O2.ClH/c1-8-3-4-9(2)13(8)11(14)10-7-12-5-6-15-10;/h8-10,12H,3-7H2,1-2H3;1H/t8?,9?,10-;/m0./s1. The second-order valence-corrected chi connectivity index (χ2v) is 4.58. The van der Waals surface area contributed by atoms with Gasteiger partial charge >= 0.3 is 0 Å². The van der Waals surface area contributed by atoms with Gasteiger partial charge in [-0.2, -0.15) is 0 Å². The maximum absolute atomic E-state index is 12.2. The molecule has 2 heterocycles. The predicted molar refractivity (Wildman–Crippen MR) is 64.9 cm³/mol. The number of ether oxygens (including phenoxy) is 1. The normalized spacial score (nSPS) is 34.6. The third-order valence-corrected chi connectivity index (χ3v) is 3.41. The van der Waals surface area contributed by atoms with E-state index in [4.69, 9.17) is 4.74 Å². The van der Waals surface area contributed by atoms with Crippen LogP contribution in [0.5, 0.6) is 0 Å². The van der Waals surface area contributed by atoms with Crippen LogP contribution in [-0.4, -0.2) is 48.7 Å². The molecule has 16 heavy (non-hydrogen) atoms. The Kier molecular flexibility index (Phi) is 5.02. The van der Waals surface area contributed by atoms with Crippen LogP contribution in [0.4, 0.5) is 0 Å². The Morgan fingerprint density at radius 1 is 1.31 bits per heavy atom. The molecular formula is C11H21ClN2O2. The molecule has 1 N–H and O–H groups in total. The molecule has 0 saturated carbocycles. The molecule has 0 aromatic carbocycles. The van der Waals surface area contributed by atoms with E-state index >= 15 is 0 Å². The van der Waals surface area contributed by atoms with Gasteiger partial charge in [0.25, 0.3) is 5.91 Å². The first-order chi connectivity index (χ1) is 7.20. The molecule has 2 aliphatic heterocycles. The molecule has 2 fully saturated rings. The first kappa shape index (κ1) is 13.7. The van der Waals surface area contributed by atoms with Crippen LogP contribution in [0.25, 0.3) is 0 Å². The van der Waals surface area contributed by atoms with Crippen molar-refractivity contribution >= 4 is 18.3 Å². The molecule has 94 valence electrons. The summed E-state index contributed by atoms with van der Waals surface area (Å²) in [6.45, 7) is 6.41. The highest BCUT2D eigenvalue weighted by molar-refractivity contribution is 5.85. The minimum Gasteiger partial charge on any atom is -0.366 e. The molecule has 2 aliphatic rings. The van der Waals surface area contributed by atoms with Gasteiger partial charge in [0, 0.05) is 25.2 Å². The Hall–Kier alpha value is -0.320. The van der Waals surface area contributed by atoms with Gasteiger partial charge in [0.2, 0.25) is 0 Å². The Balaban J connectivity index is 0.00000128. The summed E-state index contributed by atoms with van der Waals surface area (Å²) in [6, 6.07) is 0.746. The quantitative estimate of drug-likeness (QED) is 0.746. The summed E-state index contributed by atoms with van der Waals surface area (Å²) in [5, 5.41) is 3.20. The van der Waals surface area contributed by atoms with Crippen molar-refractivity contribution < 1.29 is 9.53 Å². The lowest BCUT2D eigenvalue weighted by atomic mass is 10.2. The summed E-state index contributed by atoms with van der Waals surface area (Å²) in [5.41, 5.74) is 0. The van der Waals surface area contributed by atoms with E-state index in [2.05, 4.69) is 19.2 Å². The Morgan fingerprint density at radius 3 is 2.44 bits per heavy atom. The summed E-state index contributed by atoms with van der Waals surface area (Å²) >= 11 is 0. The van der Waals surface area contributed by atoms with Gasteiger partial charge in [0.05, 0.1) is 6.61 Å². The predicted octanol–water partition coefficient (Wildman–Crippen LogP) is 0.796. The summed E-state index contributed by atoms with van der Waals surface area (Å²) in [7, 11) is 0. The van der Waals surface area contributed by atoms with E-state index in [9.17, 15) is 4.79 Å². The molecule has 2 unspecified atom stereocenters. The fourth-order valence-corrected chi connectivity index (χ4v) is 2.52. The number of halogens is 1. The van der Waals surface area contributed by atoms with E-state index < -0.39 is 0 Å². The smallest absolute Gasteiger partial charge is 0.253 e. The number of likely N-dealkylation sites (tertiary alicyclic amines) is 1. The molecule has 3 atom stereocenters. The second-order valence-electron chi connectivity index (χ2n) is 4.58. The van der Waals surface area contributed by atoms with Gasteiger partial charge in [0.15, 0.2) is 0 Å². The molecule has 0 bridgehead atoms. The van der Waals surface area contributed by atoms with Crippen LogP contribution in [0.1, 0.15) is 26.7 Å². The van der Waals surface area contributed by atoms with Gasteiger partial charge in [-0.15, -0.1) is 12.4 Å². The first-order valence-electron chi connectivity index (χ1n) is 5.84. The summed E-state index contributed by atoms with van der Waals surface area (Å²) in [6.07, 6.45) is 1.97. The molecular weight excluding hydrogens is 228 g/mol. The van der Waals surface area contributed by atoms with Crippen molar-refractivity contribution in [3.05, 3.63) is 0 Å². The molecule has 0 aromatic heterocycles. The van der Waals surface area contributed by atoms with Gasteiger partial charge in [-0.1, -0.05) is 0 Å². The number of hydrogen-bond donors (Lipinski definition) is 1. The lowest BCUT2D eigenvalue weighted by molar-refractivity contribution is -0.147. The number of amides is 1. The summed E-state index contributed by atoms with van der Waals surface area (Å²) < 4.78 is 5.50.